The number of fused-ring (bicyclic) bond motifs is 1. The van der Waals surface area contributed by atoms with E-state index in [-0.39, 0.29) is 0 Å². The Labute approximate surface area is 112 Å². The zero-order chi connectivity index (χ0) is 13.2. The summed E-state index contributed by atoms with van der Waals surface area (Å²) < 4.78 is 5.40. The number of benzene rings is 1. The lowest BCUT2D eigenvalue weighted by Crippen LogP contribution is -2.34. The van der Waals surface area contributed by atoms with Gasteiger partial charge in [-0.15, -0.1) is 0 Å². The summed E-state index contributed by atoms with van der Waals surface area (Å²) >= 11 is 0. The third kappa shape index (κ3) is 2.21. The summed E-state index contributed by atoms with van der Waals surface area (Å²) in [6.07, 6.45) is 1.12. The van der Waals surface area contributed by atoms with Crippen LogP contribution in [-0.4, -0.2) is 43.3 Å². The Balaban J connectivity index is 2.05. The van der Waals surface area contributed by atoms with Crippen LogP contribution in [0.5, 0.6) is 5.88 Å². The van der Waals surface area contributed by atoms with Gasteiger partial charge < -0.3 is 15.0 Å². The highest BCUT2D eigenvalue weighted by Gasteiger charge is 2.23. The van der Waals surface area contributed by atoms with Crippen molar-refractivity contribution in [1.82, 2.24) is 15.3 Å². The molecule has 1 aromatic carbocycles. The lowest BCUT2D eigenvalue weighted by Gasteiger charge is -2.25. The largest absolute Gasteiger partial charge is 0.478 e. The minimum Gasteiger partial charge on any atom is -0.478 e. The van der Waals surface area contributed by atoms with E-state index in [1.165, 1.54) is 0 Å². The van der Waals surface area contributed by atoms with Gasteiger partial charge >= 0.3 is 0 Å². The summed E-state index contributed by atoms with van der Waals surface area (Å²) in [6.45, 7) is 2.03. The molecule has 1 fully saturated rings. The zero-order valence-corrected chi connectivity index (χ0v) is 11.3. The first kappa shape index (κ1) is 12.2. The van der Waals surface area contributed by atoms with Gasteiger partial charge in [-0.25, -0.2) is 9.97 Å². The van der Waals surface area contributed by atoms with Crippen molar-refractivity contribution in [2.45, 2.75) is 12.5 Å². The van der Waals surface area contributed by atoms with Gasteiger partial charge in [0.15, 0.2) is 5.82 Å². The van der Waals surface area contributed by atoms with Crippen LogP contribution < -0.4 is 15.0 Å². The van der Waals surface area contributed by atoms with Crippen molar-refractivity contribution in [2.75, 3.05) is 32.1 Å². The Morgan fingerprint density at radius 2 is 2.00 bits per heavy atom. The zero-order valence-electron chi connectivity index (χ0n) is 11.3. The van der Waals surface area contributed by atoms with Crippen molar-refractivity contribution >= 4 is 16.9 Å². The number of rotatable bonds is 3. The van der Waals surface area contributed by atoms with E-state index in [1.807, 2.05) is 24.3 Å². The fourth-order valence-electron chi connectivity index (χ4n) is 2.48. The van der Waals surface area contributed by atoms with Crippen LogP contribution in [0.2, 0.25) is 0 Å². The van der Waals surface area contributed by atoms with E-state index >= 15 is 0 Å². The van der Waals surface area contributed by atoms with Crippen LogP contribution in [0.3, 0.4) is 0 Å². The van der Waals surface area contributed by atoms with Crippen LogP contribution >= 0.6 is 0 Å². The van der Waals surface area contributed by atoms with Crippen LogP contribution in [0.25, 0.3) is 11.0 Å². The summed E-state index contributed by atoms with van der Waals surface area (Å²) in [4.78, 5) is 11.4. The van der Waals surface area contributed by atoms with Crippen LogP contribution in [-0.2, 0) is 0 Å². The van der Waals surface area contributed by atoms with Gasteiger partial charge in [-0.1, -0.05) is 12.1 Å². The Bertz CT molecular complexity index is 581. The summed E-state index contributed by atoms with van der Waals surface area (Å²) in [6, 6.07) is 8.31. The van der Waals surface area contributed by atoms with Crippen LogP contribution in [0.15, 0.2) is 24.3 Å². The highest BCUT2D eigenvalue weighted by atomic mass is 16.5. The second-order valence-electron chi connectivity index (χ2n) is 4.80. The molecule has 0 spiro atoms. The molecular weight excluding hydrogens is 240 g/mol. The monoisotopic (exact) mass is 258 g/mol. The molecule has 0 radical (unpaired) electrons. The number of ether oxygens (including phenoxy) is 1. The first-order chi connectivity index (χ1) is 9.29. The van der Waals surface area contributed by atoms with E-state index in [0.717, 1.165) is 36.4 Å². The number of hydrogen-bond acceptors (Lipinski definition) is 5. The highest BCUT2D eigenvalue weighted by Crippen LogP contribution is 2.28. The normalized spacial score (nSPS) is 18.7. The number of hydrogen-bond donors (Lipinski definition) is 1. The van der Waals surface area contributed by atoms with Crippen molar-refractivity contribution in [1.29, 1.82) is 0 Å². The summed E-state index contributed by atoms with van der Waals surface area (Å²) in [5.41, 5.74) is 1.76. The SMILES string of the molecule is COc1nc2ccccc2nc1N(C)[C@@H]1CCNC1. The topological polar surface area (TPSA) is 50.3 Å². The van der Waals surface area contributed by atoms with Gasteiger partial charge in [-0.05, 0) is 25.1 Å². The lowest BCUT2D eigenvalue weighted by molar-refractivity contribution is 0.396. The van der Waals surface area contributed by atoms with E-state index < -0.39 is 0 Å². The third-order valence-electron chi connectivity index (χ3n) is 3.63. The minimum absolute atomic E-state index is 0.448. The van der Waals surface area contributed by atoms with Gasteiger partial charge in [-0.3, -0.25) is 0 Å². The second-order valence-corrected chi connectivity index (χ2v) is 4.80. The molecule has 19 heavy (non-hydrogen) atoms. The van der Waals surface area contributed by atoms with Gasteiger partial charge in [0.2, 0.25) is 0 Å². The van der Waals surface area contributed by atoms with Gasteiger partial charge in [0.25, 0.3) is 5.88 Å². The highest BCUT2D eigenvalue weighted by molar-refractivity contribution is 5.77. The predicted molar refractivity (Wildman–Crippen MR) is 75.8 cm³/mol. The predicted octanol–water partition coefficient (Wildman–Crippen LogP) is 1.44. The van der Waals surface area contributed by atoms with Crippen molar-refractivity contribution in [3.63, 3.8) is 0 Å². The molecule has 2 aromatic rings. The van der Waals surface area contributed by atoms with E-state index in [4.69, 9.17) is 9.72 Å². The van der Waals surface area contributed by atoms with Gasteiger partial charge in [0.05, 0.1) is 18.1 Å². The molecule has 2 heterocycles. The van der Waals surface area contributed by atoms with E-state index in [1.54, 1.807) is 7.11 Å². The molecular formula is C14H18N4O. The summed E-state index contributed by atoms with van der Waals surface area (Å²) in [5.74, 6) is 1.41. The molecule has 1 atom stereocenters. The molecule has 0 aliphatic carbocycles. The number of para-hydroxylation sites is 2. The Morgan fingerprint density at radius 3 is 2.63 bits per heavy atom. The Morgan fingerprint density at radius 1 is 1.26 bits per heavy atom. The van der Waals surface area contributed by atoms with Gasteiger partial charge in [0.1, 0.15) is 0 Å². The molecule has 1 aliphatic rings. The number of methoxy groups -OCH3 is 1. The van der Waals surface area contributed by atoms with Crippen LogP contribution in [0, 0.1) is 0 Å². The Hall–Kier alpha value is -1.88. The summed E-state index contributed by atoms with van der Waals surface area (Å²) in [5, 5.41) is 3.37. The molecule has 0 saturated carbocycles. The quantitative estimate of drug-likeness (QED) is 0.902. The molecule has 5 heteroatoms. The molecule has 1 N–H and O–H groups in total. The molecule has 5 nitrogen and oxygen atoms in total. The number of nitrogens with one attached hydrogen (secondary N) is 1. The molecule has 1 aromatic heterocycles. The van der Waals surface area contributed by atoms with Gasteiger partial charge in [0, 0.05) is 19.6 Å². The first-order valence-corrected chi connectivity index (χ1v) is 6.54. The van der Waals surface area contributed by atoms with Gasteiger partial charge in [-0.2, -0.15) is 0 Å². The fraction of sp³-hybridized carbons (Fsp3) is 0.429. The molecule has 1 saturated heterocycles. The molecule has 0 bridgehead atoms. The smallest absolute Gasteiger partial charge is 0.257 e. The Kier molecular flexibility index (Phi) is 3.21. The standard InChI is InChI=1S/C14H18N4O/c1-18(10-7-8-15-9-10)13-14(19-2)17-12-6-4-3-5-11(12)16-13/h3-6,10,15H,7-9H2,1-2H3/t10-/m1/s1. The average Bonchev–Trinajstić information content (AvgIpc) is 2.99. The maximum atomic E-state index is 5.40. The molecule has 100 valence electrons. The van der Waals surface area contributed by atoms with Crippen molar-refractivity contribution in [3.8, 4) is 5.88 Å². The van der Waals surface area contributed by atoms with Crippen molar-refractivity contribution in [2.24, 2.45) is 0 Å². The average molecular weight is 258 g/mol. The number of anilines is 1. The number of nitrogens with zero attached hydrogens (tertiary/aromatic N) is 3. The van der Waals surface area contributed by atoms with Crippen LogP contribution in [0.4, 0.5) is 5.82 Å². The lowest BCUT2D eigenvalue weighted by atomic mass is 10.2. The molecule has 3 rings (SSSR count). The van der Waals surface area contributed by atoms with E-state index in [9.17, 15) is 0 Å². The van der Waals surface area contributed by atoms with E-state index in [2.05, 4.69) is 22.2 Å². The first-order valence-electron chi connectivity index (χ1n) is 6.54. The fourth-order valence-corrected chi connectivity index (χ4v) is 2.48. The van der Waals surface area contributed by atoms with Crippen molar-refractivity contribution < 1.29 is 4.74 Å². The van der Waals surface area contributed by atoms with Crippen LogP contribution in [0.1, 0.15) is 6.42 Å². The van der Waals surface area contributed by atoms with Crippen molar-refractivity contribution in [3.05, 3.63) is 24.3 Å². The maximum Gasteiger partial charge on any atom is 0.257 e. The minimum atomic E-state index is 0.448. The third-order valence-corrected chi connectivity index (χ3v) is 3.63. The number of aromatic nitrogens is 2. The van der Waals surface area contributed by atoms with E-state index in [0.29, 0.717) is 11.9 Å². The molecule has 1 aliphatic heterocycles. The molecule has 0 amide bonds. The maximum absolute atomic E-state index is 5.40. The molecule has 0 unspecified atom stereocenters. The summed E-state index contributed by atoms with van der Waals surface area (Å²) in [7, 11) is 3.70. The number of likely N-dealkylation sites (N-methyl/N-ethyl adjacent to an activating group) is 1. The second kappa shape index (κ2) is 5.01.